The van der Waals surface area contributed by atoms with Gasteiger partial charge in [-0.25, -0.2) is 0 Å². The van der Waals surface area contributed by atoms with Gasteiger partial charge < -0.3 is 4.74 Å². The zero-order valence-corrected chi connectivity index (χ0v) is 7.79. The molecule has 0 N–H and O–H groups in total. The summed E-state index contributed by atoms with van der Waals surface area (Å²) in [4.78, 5) is 0. The Morgan fingerprint density at radius 1 is 1.42 bits per heavy atom. The lowest BCUT2D eigenvalue weighted by Gasteiger charge is -2.37. The summed E-state index contributed by atoms with van der Waals surface area (Å²) < 4.78 is 5.52. The van der Waals surface area contributed by atoms with Crippen LogP contribution in [-0.2, 0) is 4.74 Å². The van der Waals surface area contributed by atoms with Crippen molar-refractivity contribution in [2.75, 3.05) is 13.2 Å². The minimum atomic E-state index is 0.638. The number of ether oxygens (including phenoxy) is 1. The van der Waals surface area contributed by atoms with Crippen molar-refractivity contribution in [3.8, 4) is 0 Å². The summed E-state index contributed by atoms with van der Waals surface area (Å²) in [5.74, 6) is 2.06. The van der Waals surface area contributed by atoms with E-state index >= 15 is 0 Å². The van der Waals surface area contributed by atoms with Crippen molar-refractivity contribution in [2.45, 2.75) is 13.8 Å². The molecular formula is C11H16O. The van der Waals surface area contributed by atoms with Crippen LogP contribution in [0.2, 0.25) is 0 Å². The molecule has 1 aliphatic carbocycles. The van der Waals surface area contributed by atoms with Crippen molar-refractivity contribution in [3.05, 3.63) is 23.8 Å². The lowest BCUT2D eigenvalue weighted by Crippen LogP contribution is -2.34. The third kappa shape index (κ3) is 1.22. The minimum absolute atomic E-state index is 0.638. The van der Waals surface area contributed by atoms with Crippen LogP contribution in [-0.4, -0.2) is 13.2 Å². The SMILES string of the molecule is CC1=CC=CC2COC[C@@H](C)C12. The predicted octanol–water partition coefficient (Wildman–Crippen LogP) is 2.40. The molecule has 1 nitrogen and oxygen atoms in total. The van der Waals surface area contributed by atoms with Gasteiger partial charge in [0.15, 0.2) is 0 Å². The van der Waals surface area contributed by atoms with Crippen LogP contribution in [0, 0.1) is 17.8 Å². The molecule has 1 fully saturated rings. The normalized spacial score (nSPS) is 40.5. The third-order valence-electron chi connectivity index (χ3n) is 3.01. The van der Waals surface area contributed by atoms with Gasteiger partial charge in [0.1, 0.15) is 0 Å². The summed E-state index contributed by atoms with van der Waals surface area (Å²) in [6, 6.07) is 0. The maximum Gasteiger partial charge on any atom is 0.0534 e. The maximum atomic E-state index is 5.52. The van der Waals surface area contributed by atoms with E-state index in [4.69, 9.17) is 4.74 Å². The van der Waals surface area contributed by atoms with Gasteiger partial charge in [0.05, 0.1) is 6.61 Å². The van der Waals surface area contributed by atoms with Crippen molar-refractivity contribution >= 4 is 0 Å². The Bertz CT molecular complexity index is 227. The topological polar surface area (TPSA) is 9.23 Å². The van der Waals surface area contributed by atoms with Gasteiger partial charge in [-0.05, 0) is 18.8 Å². The summed E-state index contributed by atoms with van der Waals surface area (Å²) in [5.41, 5.74) is 1.53. The highest BCUT2D eigenvalue weighted by atomic mass is 16.5. The molecule has 1 aliphatic heterocycles. The van der Waals surface area contributed by atoms with E-state index in [-0.39, 0.29) is 0 Å². The van der Waals surface area contributed by atoms with E-state index < -0.39 is 0 Å². The summed E-state index contributed by atoms with van der Waals surface area (Å²) in [5, 5.41) is 0. The first-order chi connectivity index (χ1) is 5.79. The maximum absolute atomic E-state index is 5.52. The molecule has 0 saturated carbocycles. The van der Waals surface area contributed by atoms with Gasteiger partial charge in [-0.15, -0.1) is 0 Å². The van der Waals surface area contributed by atoms with Crippen LogP contribution in [0.1, 0.15) is 13.8 Å². The van der Waals surface area contributed by atoms with Gasteiger partial charge in [0, 0.05) is 12.5 Å². The van der Waals surface area contributed by atoms with Gasteiger partial charge in [-0.1, -0.05) is 30.7 Å². The van der Waals surface area contributed by atoms with Crippen molar-refractivity contribution in [1.29, 1.82) is 0 Å². The monoisotopic (exact) mass is 164 g/mol. The average molecular weight is 164 g/mol. The lowest BCUT2D eigenvalue weighted by atomic mass is 9.74. The molecule has 12 heavy (non-hydrogen) atoms. The molecule has 2 aliphatic rings. The fraction of sp³-hybridized carbons (Fsp3) is 0.636. The van der Waals surface area contributed by atoms with Crippen LogP contribution in [0.15, 0.2) is 23.8 Å². The Balaban J connectivity index is 2.22. The molecule has 0 aromatic rings. The molecule has 2 unspecified atom stereocenters. The average Bonchev–Trinajstić information content (AvgIpc) is 2.04. The molecule has 1 heterocycles. The molecule has 1 saturated heterocycles. The quantitative estimate of drug-likeness (QED) is 0.534. The van der Waals surface area contributed by atoms with E-state index in [9.17, 15) is 0 Å². The van der Waals surface area contributed by atoms with Crippen LogP contribution < -0.4 is 0 Å². The van der Waals surface area contributed by atoms with Gasteiger partial charge in [-0.3, -0.25) is 0 Å². The molecule has 0 amide bonds. The van der Waals surface area contributed by atoms with Crippen LogP contribution in [0.3, 0.4) is 0 Å². The van der Waals surface area contributed by atoms with E-state index in [1.54, 1.807) is 0 Å². The van der Waals surface area contributed by atoms with E-state index in [2.05, 4.69) is 32.1 Å². The highest BCUT2D eigenvalue weighted by Gasteiger charge is 2.31. The van der Waals surface area contributed by atoms with Crippen molar-refractivity contribution in [2.24, 2.45) is 17.8 Å². The number of hydrogen-bond acceptors (Lipinski definition) is 1. The predicted molar refractivity (Wildman–Crippen MR) is 49.9 cm³/mol. The first-order valence-electron chi connectivity index (χ1n) is 4.72. The summed E-state index contributed by atoms with van der Waals surface area (Å²) >= 11 is 0. The Kier molecular flexibility index (Phi) is 2.05. The van der Waals surface area contributed by atoms with Crippen LogP contribution >= 0.6 is 0 Å². The summed E-state index contributed by atoms with van der Waals surface area (Å²) in [6.07, 6.45) is 6.69. The van der Waals surface area contributed by atoms with E-state index in [1.165, 1.54) is 5.57 Å². The number of rotatable bonds is 0. The minimum Gasteiger partial charge on any atom is -0.381 e. The first kappa shape index (κ1) is 8.06. The van der Waals surface area contributed by atoms with Gasteiger partial charge in [0.2, 0.25) is 0 Å². The standard InChI is InChI=1S/C11H16O/c1-8-4-3-5-10-7-12-6-9(2)11(8)10/h3-5,9-11H,6-7H2,1-2H3/t9-,10?,11?/m1/s1. The largest absolute Gasteiger partial charge is 0.381 e. The molecular weight excluding hydrogens is 148 g/mol. The van der Waals surface area contributed by atoms with Crippen LogP contribution in [0.25, 0.3) is 0 Å². The van der Waals surface area contributed by atoms with Crippen molar-refractivity contribution in [1.82, 2.24) is 0 Å². The van der Waals surface area contributed by atoms with E-state index in [0.717, 1.165) is 19.1 Å². The van der Waals surface area contributed by atoms with E-state index in [1.807, 2.05) is 0 Å². The van der Waals surface area contributed by atoms with Gasteiger partial charge in [0.25, 0.3) is 0 Å². The number of fused-ring (bicyclic) bond motifs is 1. The molecule has 66 valence electrons. The molecule has 0 radical (unpaired) electrons. The molecule has 0 spiro atoms. The van der Waals surface area contributed by atoms with Gasteiger partial charge >= 0.3 is 0 Å². The number of hydrogen-bond donors (Lipinski definition) is 0. The Hall–Kier alpha value is -0.560. The second kappa shape index (κ2) is 3.06. The van der Waals surface area contributed by atoms with E-state index in [0.29, 0.717) is 11.8 Å². The fourth-order valence-electron chi connectivity index (χ4n) is 2.44. The molecule has 3 atom stereocenters. The molecule has 0 aromatic heterocycles. The molecule has 1 heteroatoms. The van der Waals surface area contributed by atoms with Crippen molar-refractivity contribution in [3.63, 3.8) is 0 Å². The Morgan fingerprint density at radius 2 is 2.25 bits per heavy atom. The highest BCUT2D eigenvalue weighted by molar-refractivity contribution is 5.23. The van der Waals surface area contributed by atoms with Crippen LogP contribution in [0.4, 0.5) is 0 Å². The Labute approximate surface area is 74.1 Å². The third-order valence-corrected chi connectivity index (χ3v) is 3.01. The summed E-state index contributed by atoms with van der Waals surface area (Å²) in [6.45, 7) is 6.37. The second-order valence-corrected chi connectivity index (χ2v) is 4.00. The second-order valence-electron chi connectivity index (χ2n) is 4.00. The number of allylic oxidation sites excluding steroid dienone is 3. The molecule has 0 bridgehead atoms. The molecule has 0 aromatic carbocycles. The van der Waals surface area contributed by atoms with Crippen molar-refractivity contribution < 1.29 is 4.74 Å². The summed E-state index contributed by atoms with van der Waals surface area (Å²) in [7, 11) is 0. The first-order valence-corrected chi connectivity index (χ1v) is 4.72. The van der Waals surface area contributed by atoms with Gasteiger partial charge in [-0.2, -0.15) is 0 Å². The zero-order valence-electron chi connectivity index (χ0n) is 7.79. The highest BCUT2D eigenvalue weighted by Crippen LogP contribution is 2.35. The zero-order chi connectivity index (χ0) is 8.55. The molecule has 2 rings (SSSR count). The smallest absolute Gasteiger partial charge is 0.0534 e. The lowest BCUT2D eigenvalue weighted by molar-refractivity contribution is 0.00594. The van der Waals surface area contributed by atoms with Crippen LogP contribution in [0.5, 0.6) is 0 Å². The Morgan fingerprint density at radius 3 is 3.00 bits per heavy atom. The fourth-order valence-corrected chi connectivity index (χ4v) is 2.44.